The van der Waals surface area contributed by atoms with E-state index in [4.69, 9.17) is 22.2 Å². The molecule has 0 fully saturated rings. The molecule has 1 unspecified atom stereocenters. The maximum atomic E-state index is 8.72. The van der Waals surface area contributed by atoms with Crippen LogP contribution < -0.4 is 0 Å². The molecule has 5 nitrogen and oxygen atoms in total. The van der Waals surface area contributed by atoms with Gasteiger partial charge in [0.25, 0.3) is 0 Å². The monoisotopic (exact) mass is 394 g/mol. The molecule has 0 aromatic heterocycles. The highest BCUT2D eigenvalue weighted by Gasteiger charge is 2.44. The van der Waals surface area contributed by atoms with E-state index in [1.807, 2.05) is 6.55 Å². The lowest BCUT2D eigenvalue weighted by Crippen LogP contribution is -2.56. The molecular formula is C14H34O5Si4. The number of ether oxygens (including phenoxy) is 1. The lowest BCUT2D eigenvalue weighted by Gasteiger charge is -2.38. The van der Waals surface area contributed by atoms with Gasteiger partial charge in [-0.2, -0.15) is 0 Å². The molecule has 0 aliphatic rings. The molecule has 0 saturated carbocycles. The lowest BCUT2D eigenvalue weighted by molar-refractivity contribution is 0.115. The van der Waals surface area contributed by atoms with Crippen LogP contribution >= 0.6 is 0 Å². The number of hydrogen-bond donors (Lipinski definition) is 1. The van der Waals surface area contributed by atoms with Crippen LogP contribution in [0.5, 0.6) is 0 Å². The summed E-state index contributed by atoms with van der Waals surface area (Å²) in [7, 11) is -8.46. The largest absolute Gasteiger partial charge is 0.437 e. The smallest absolute Gasteiger partial charge is 0.401 e. The van der Waals surface area contributed by atoms with Crippen LogP contribution in [0.2, 0.25) is 58.9 Å². The topological polar surface area (TPSA) is 57.2 Å². The minimum absolute atomic E-state index is 0.00226. The molecule has 23 heavy (non-hydrogen) atoms. The minimum Gasteiger partial charge on any atom is -0.437 e. The number of aliphatic hydroxyl groups excluding tert-OH is 1. The third-order valence-corrected chi connectivity index (χ3v) is 14.8. The van der Waals surface area contributed by atoms with Gasteiger partial charge in [-0.1, -0.05) is 11.5 Å². The van der Waals surface area contributed by atoms with Crippen LogP contribution in [0.4, 0.5) is 0 Å². The van der Waals surface area contributed by atoms with Crippen LogP contribution in [-0.4, -0.2) is 58.7 Å². The molecule has 0 spiro atoms. The van der Waals surface area contributed by atoms with Crippen LogP contribution in [0.1, 0.15) is 0 Å². The van der Waals surface area contributed by atoms with Crippen molar-refractivity contribution in [3.63, 3.8) is 0 Å². The first-order valence-corrected chi connectivity index (χ1v) is 19.9. The first-order chi connectivity index (χ1) is 10.2. The Bertz CT molecular complexity index is 420. The van der Waals surface area contributed by atoms with E-state index < -0.39 is 33.8 Å². The molecule has 0 amide bonds. The molecule has 136 valence electrons. The highest BCUT2D eigenvalue weighted by atomic mass is 28.5. The molecule has 1 N–H and O–H groups in total. The summed E-state index contributed by atoms with van der Waals surface area (Å²) >= 11 is 0. The number of hydrogen-bond acceptors (Lipinski definition) is 5. The van der Waals surface area contributed by atoms with Gasteiger partial charge in [0, 0.05) is 0 Å². The normalized spacial score (nSPS) is 15.7. The van der Waals surface area contributed by atoms with Crippen molar-refractivity contribution in [3.05, 3.63) is 0 Å². The summed E-state index contributed by atoms with van der Waals surface area (Å²) in [5, 5.41) is 8.72. The number of rotatable bonds is 9. The second-order valence-electron chi connectivity index (χ2n) is 7.95. The van der Waals surface area contributed by atoms with Crippen LogP contribution in [0.3, 0.4) is 0 Å². The summed E-state index contributed by atoms with van der Waals surface area (Å²) in [6.45, 7) is 19.6. The zero-order chi connectivity index (χ0) is 18.4. The molecule has 0 aromatic rings. The van der Waals surface area contributed by atoms with Crippen molar-refractivity contribution in [2.24, 2.45) is 0 Å². The predicted molar refractivity (Wildman–Crippen MR) is 105 cm³/mol. The van der Waals surface area contributed by atoms with Gasteiger partial charge in [-0.05, 0) is 58.9 Å². The van der Waals surface area contributed by atoms with Crippen molar-refractivity contribution in [2.75, 3.05) is 19.8 Å². The second kappa shape index (κ2) is 9.07. The van der Waals surface area contributed by atoms with Gasteiger partial charge >= 0.3 is 17.1 Å². The SMILES string of the molecule is C[Si](C)(C)O[Si](C)(C)O[Si](C)(C#CCOCCO)O[Si](C)(C)C. The summed E-state index contributed by atoms with van der Waals surface area (Å²) in [4.78, 5) is 0. The molecule has 0 radical (unpaired) electrons. The van der Waals surface area contributed by atoms with E-state index in [1.54, 1.807) is 0 Å². The van der Waals surface area contributed by atoms with Crippen molar-refractivity contribution in [2.45, 2.75) is 58.9 Å². The van der Waals surface area contributed by atoms with Crippen LogP contribution in [0.25, 0.3) is 0 Å². The molecule has 0 bridgehead atoms. The predicted octanol–water partition coefficient (Wildman–Crippen LogP) is 3.03. The van der Waals surface area contributed by atoms with Gasteiger partial charge in [0.2, 0.25) is 0 Å². The first-order valence-electron chi connectivity index (χ1n) is 7.97. The van der Waals surface area contributed by atoms with Crippen molar-refractivity contribution >= 4 is 33.8 Å². The van der Waals surface area contributed by atoms with E-state index in [-0.39, 0.29) is 13.2 Å². The fourth-order valence-electron chi connectivity index (χ4n) is 2.27. The van der Waals surface area contributed by atoms with Crippen LogP contribution in [0, 0.1) is 11.5 Å². The Hall–Kier alpha value is 0.228. The highest BCUT2D eigenvalue weighted by Crippen LogP contribution is 2.23. The lowest BCUT2D eigenvalue weighted by atomic mass is 10.7. The summed E-state index contributed by atoms with van der Waals surface area (Å²) in [6.07, 6.45) is 0. The molecule has 0 aromatic carbocycles. The van der Waals surface area contributed by atoms with Crippen LogP contribution in [0.15, 0.2) is 0 Å². The Morgan fingerprint density at radius 2 is 1.30 bits per heavy atom. The zero-order valence-electron chi connectivity index (χ0n) is 16.2. The Kier molecular flexibility index (Phi) is 9.16. The molecular weight excluding hydrogens is 360 g/mol. The average molecular weight is 395 g/mol. The molecule has 1 atom stereocenters. The fourth-order valence-corrected chi connectivity index (χ4v) is 18.5. The Labute approximate surface area is 146 Å². The van der Waals surface area contributed by atoms with Gasteiger partial charge in [0.1, 0.15) is 6.61 Å². The Balaban J connectivity index is 5.12. The Morgan fingerprint density at radius 3 is 1.74 bits per heavy atom. The molecule has 0 saturated heterocycles. The van der Waals surface area contributed by atoms with Crippen molar-refractivity contribution in [1.82, 2.24) is 0 Å². The summed E-state index contributed by atoms with van der Waals surface area (Å²) < 4.78 is 24.2. The van der Waals surface area contributed by atoms with Gasteiger partial charge in [0.05, 0.1) is 13.2 Å². The van der Waals surface area contributed by atoms with E-state index in [0.29, 0.717) is 6.61 Å². The third-order valence-electron chi connectivity index (χ3n) is 2.22. The zero-order valence-corrected chi connectivity index (χ0v) is 20.2. The molecule has 9 heteroatoms. The third kappa shape index (κ3) is 13.2. The minimum atomic E-state index is -2.66. The van der Waals surface area contributed by atoms with Crippen molar-refractivity contribution in [1.29, 1.82) is 0 Å². The molecule has 0 heterocycles. The summed E-state index contributed by atoms with van der Waals surface area (Å²) in [5.41, 5.74) is 3.20. The fraction of sp³-hybridized carbons (Fsp3) is 0.857. The maximum absolute atomic E-state index is 8.72. The Morgan fingerprint density at radius 1 is 0.783 bits per heavy atom. The van der Waals surface area contributed by atoms with Gasteiger partial charge in [0.15, 0.2) is 16.6 Å². The van der Waals surface area contributed by atoms with E-state index in [9.17, 15) is 0 Å². The van der Waals surface area contributed by atoms with Crippen molar-refractivity contribution < 1.29 is 22.2 Å². The standard InChI is InChI=1S/C14H34O5Si4/c1-20(2,3)17-22(7,8)19-23(9,18-21(4,5)6)14-10-12-16-13-11-15/h15H,11-13H2,1-9H3. The van der Waals surface area contributed by atoms with E-state index >= 15 is 0 Å². The van der Waals surface area contributed by atoms with E-state index in [2.05, 4.69) is 63.8 Å². The summed E-state index contributed by atoms with van der Waals surface area (Å²) in [6, 6.07) is 0. The van der Waals surface area contributed by atoms with Crippen LogP contribution in [-0.2, 0) is 17.1 Å². The van der Waals surface area contributed by atoms with Gasteiger partial charge in [-0.25, -0.2) is 0 Å². The average Bonchev–Trinajstić information content (AvgIpc) is 2.20. The van der Waals surface area contributed by atoms with E-state index in [1.165, 1.54) is 0 Å². The van der Waals surface area contributed by atoms with Gasteiger partial charge in [-0.15, -0.1) is 0 Å². The highest BCUT2D eigenvalue weighted by molar-refractivity contribution is 6.92. The molecule has 0 aliphatic carbocycles. The summed E-state index contributed by atoms with van der Waals surface area (Å²) in [5.74, 6) is 3.00. The molecule has 0 aliphatic heterocycles. The van der Waals surface area contributed by atoms with Crippen molar-refractivity contribution in [3.8, 4) is 11.5 Å². The van der Waals surface area contributed by atoms with E-state index in [0.717, 1.165) is 0 Å². The number of aliphatic hydroxyl groups is 1. The second-order valence-corrected chi connectivity index (χ2v) is 23.8. The van der Waals surface area contributed by atoms with Gasteiger partial charge in [-0.3, -0.25) is 0 Å². The first kappa shape index (κ1) is 23.2. The quantitative estimate of drug-likeness (QED) is 0.370. The van der Waals surface area contributed by atoms with Gasteiger partial charge < -0.3 is 22.2 Å². The maximum Gasteiger partial charge on any atom is 0.401 e. The molecule has 0 rings (SSSR count).